The number of amides is 1. The van der Waals surface area contributed by atoms with E-state index in [-0.39, 0.29) is 5.91 Å². The van der Waals surface area contributed by atoms with Crippen LogP contribution in [-0.4, -0.2) is 34.7 Å². The van der Waals surface area contributed by atoms with Gasteiger partial charge in [-0.3, -0.25) is 4.79 Å². The zero-order chi connectivity index (χ0) is 13.6. The van der Waals surface area contributed by atoms with Gasteiger partial charge in [0.05, 0.1) is 5.60 Å². The van der Waals surface area contributed by atoms with Gasteiger partial charge in [0.2, 0.25) is 5.91 Å². The fraction of sp³-hybridized carbons (Fsp3) is 0.929. The van der Waals surface area contributed by atoms with Crippen molar-refractivity contribution in [1.29, 1.82) is 0 Å². The lowest BCUT2D eigenvalue weighted by molar-refractivity contribution is -0.123. The smallest absolute Gasteiger partial charge is 0.220 e. The van der Waals surface area contributed by atoms with Crippen molar-refractivity contribution in [2.75, 3.05) is 18.1 Å². The summed E-state index contributed by atoms with van der Waals surface area (Å²) < 4.78 is 0. The van der Waals surface area contributed by atoms with Crippen LogP contribution in [-0.2, 0) is 4.79 Å². The molecular weight excluding hydrogens is 246 g/mol. The maximum Gasteiger partial charge on any atom is 0.220 e. The van der Waals surface area contributed by atoms with E-state index in [2.05, 4.69) is 19.2 Å². The second-order valence-corrected chi connectivity index (χ2v) is 7.36. The summed E-state index contributed by atoms with van der Waals surface area (Å²) in [4.78, 5) is 11.8. The van der Waals surface area contributed by atoms with Crippen LogP contribution in [0.15, 0.2) is 0 Å². The van der Waals surface area contributed by atoms with Crippen LogP contribution < -0.4 is 5.32 Å². The van der Waals surface area contributed by atoms with Gasteiger partial charge in [-0.15, -0.1) is 0 Å². The monoisotopic (exact) mass is 273 g/mol. The first-order valence-electron chi connectivity index (χ1n) is 6.96. The predicted molar refractivity (Wildman–Crippen MR) is 77.8 cm³/mol. The third kappa shape index (κ3) is 6.64. The molecule has 0 aliphatic carbocycles. The third-order valence-electron chi connectivity index (χ3n) is 3.33. The van der Waals surface area contributed by atoms with Crippen molar-refractivity contribution in [2.24, 2.45) is 11.8 Å². The Kier molecular flexibility index (Phi) is 6.50. The van der Waals surface area contributed by atoms with Gasteiger partial charge in [-0.2, -0.15) is 11.8 Å². The Morgan fingerprint density at radius 2 is 2.06 bits per heavy atom. The van der Waals surface area contributed by atoms with Crippen LogP contribution in [0.25, 0.3) is 0 Å². The Morgan fingerprint density at radius 1 is 1.44 bits per heavy atom. The zero-order valence-corrected chi connectivity index (χ0v) is 12.7. The molecule has 1 unspecified atom stereocenters. The summed E-state index contributed by atoms with van der Waals surface area (Å²) >= 11 is 1.98. The van der Waals surface area contributed by atoms with Crippen LogP contribution in [0.5, 0.6) is 0 Å². The van der Waals surface area contributed by atoms with Crippen molar-refractivity contribution in [3.63, 3.8) is 0 Å². The molecule has 2 N–H and O–H groups in total. The van der Waals surface area contributed by atoms with Crippen LogP contribution in [0.3, 0.4) is 0 Å². The number of thioether (sulfide) groups is 1. The van der Waals surface area contributed by atoms with Crippen LogP contribution in [0, 0.1) is 11.8 Å². The van der Waals surface area contributed by atoms with E-state index in [1.807, 2.05) is 11.8 Å². The number of hydrogen-bond acceptors (Lipinski definition) is 3. The molecule has 0 aromatic rings. The number of aliphatic hydroxyl groups is 1. The van der Waals surface area contributed by atoms with E-state index in [0.717, 1.165) is 12.8 Å². The number of hydrogen-bond donors (Lipinski definition) is 2. The lowest BCUT2D eigenvalue weighted by Crippen LogP contribution is -2.42. The molecule has 1 atom stereocenters. The summed E-state index contributed by atoms with van der Waals surface area (Å²) in [7, 11) is 0. The van der Waals surface area contributed by atoms with Crippen LogP contribution >= 0.6 is 11.8 Å². The lowest BCUT2D eigenvalue weighted by atomic mass is 9.94. The second-order valence-electron chi connectivity index (χ2n) is 6.13. The molecule has 0 saturated carbocycles. The van der Waals surface area contributed by atoms with E-state index in [0.29, 0.717) is 31.2 Å². The molecule has 1 aliphatic heterocycles. The fourth-order valence-corrected chi connectivity index (χ4v) is 3.73. The summed E-state index contributed by atoms with van der Waals surface area (Å²) in [5.41, 5.74) is -0.785. The first kappa shape index (κ1) is 15.8. The van der Waals surface area contributed by atoms with Crippen molar-refractivity contribution in [3.05, 3.63) is 0 Å². The normalized spacial score (nSPS) is 20.7. The van der Waals surface area contributed by atoms with Crippen molar-refractivity contribution in [1.82, 2.24) is 5.32 Å². The third-order valence-corrected chi connectivity index (χ3v) is 4.38. The number of nitrogens with one attached hydrogen (secondary N) is 1. The summed E-state index contributed by atoms with van der Waals surface area (Å²) in [6, 6.07) is 0. The maximum atomic E-state index is 11.8. The van der Waals surface area contributed by atoms with Gasteiger partial charge in [-0.25, -0.2) is 0 Å². The molecule has 0 aromatic carbocycles. The number of carbonyl (C=O) groups is 1. The first-order valence-corrected chi connectivity index (χ1v) is 8.11. The van der Waals surface area contributed by atoms with Crippen molar-refractivity contribution >= 4 is 17.7 Å². The summed E-state index contributed by atoms with van der Waals surface area (Å²) in [6.07, 6.45) is 3.65. The van der Waals surface area contributed by atoms with Gasteiger partial charge in [0.1, 0.15) is 0 Å². The molecule has 0 radical (unpaired) electrons. The van der Waals surface area contributed by atoms with E-state index in [4.69, 9.17) is 0 Å². The zero-order valence-electron chi connectivity index (χ0n) is 11.9. The Bertz CT molecular complexity index is 261. The average molecular weight is 273 g/mol. The van der Waals surface area contributed by atoms with Gasteiger partial charge < -0.3 is 10.4 Å². The molecule has 4 heteroatoms. The van der Waals surface area contributed by atoms with E-state index < -0.39 is 5.60 Å². The van der Waals surface area contributed by atoms with Crippen molar-refractivity contribution in [3.8, 4) is 0 Å². The fourth-order valence-electron chi connectivity index (χ4n) is 2.53. The minimum absolute atomic E-state index is 0.0935. The molecule has 1 amide bonds. The van der Waals surface area contributed by atoms with E-state index >= 15 is 0 Å². The van der Waals surface area contributed by atoms with Crippen LogP contribution in [0.4, 0.5) is 0 Å². The molecule has 0 bridgehead atoms. The standard InChI is InChI=1S/C14H27NO2S/c1-11(2)9-14(3,17)10-15-13(16)8-12-4-6-18-7-5-12/h11-12,17H,4-10H2,1-3H3,(H,15,16). The van der Waals surface area contributed by atoms with Gasteiger partial charge in [-0.1, -0.05) is 13.8 Å². The van der Waals surface area contributed by atoms with Crippen LogP contribution in [0.1, 0.15) is 46.5 Å². The number of carbonyl (C=O) groups excluding carboxylic acids is 1. The Labute approximate surface area is 115 Å². The molecule has 0 aromatic heterocycles. The molecule has 1 heterocycles. The largest absolute Gasteiger partial charge is 0.388 e. The number of rotatable bonds is 6. The maximum absolute atomic E-state index is 11.8. The van der Waals surface area contributed by atoms with Crippen LogP contribution in [0.2, 0.25) is 0 Å². The molecule has 1 saturated heterocycles. The first-order chi connectivity index (χ1) is 8.39. The quantitative estimate of drug-likeness (QED) is 0.781. The topological polar surface area (TPSA) is 49.3 Å². The minimum Gasteiger partial charge on any atom is -0.388 e. The van der Waals surface area contributed by atoms with Crippen molar-refractivity contribution < 1.29 is 9.90 Å². The molecular formula is C14H27NO2S. The molecule has 106 valence electrons. The predicted octanol–water partition coefficient (Wildman–Crippen LogP) is 2.43. The molecule has 1 fully saturated rings. The van der Waals surface area contributed by atoms with Gasteiger partial charge in [0, 0.05) is 13.0 Å². The minimum atomic E-state index is -0.785. The average Bonchev–Trinajstić information content (AvgIpc) is 2.26. The highest BCUT2D eigenvalue weighted by Gasteiger charge is 2.23. The Balaban J connectivity index is 2.23. The van der Waals surface area contributed by atoms with E-state index in [1.165, 1.54) is 11.5 Å². The highest BCUT2D eigenvalue weighted by Crippen LogP contribution is 2.25. The highest BCUT2D eigenvalue weighted by molar-refractivity contribution is 7.99. The molecule has 18 heavy (non-hydrogen) atoms. The highest BCUT2D eigenvalue weighted by atomic mass is 32.2. The van der Waals surface area contributed by atoms with Gasteiger partial charge in [-0.05, 0) is 49.5 Å². The molecule has 0 spiro atoms. The lowest BCUT2D eigenvalue weighted by Gasteiger charge is -2.26. The van der Waals surface area contributed by atoms with Gasteiger partial charge in [0.25, 0.3) is 0 Å². The van der Waals surface area contributed by atoms with Gasteiger partial charge >= 0.3 is 0 Å². The summed E-state index contributed by atoms with van der Waals surface area (Å²) in [5, 5.41) is 13.0. The summed E-state index contributed by atoms with van der Waals surface area (Å²) in [6.45, 7) is 6.32. The Morgan fingerprint density at radius 3 is 2.61 bits per heavy atom. The van der Waals surface area contributed by atoms with Gasteiger partial charge in [0.15, 0.2) is 0 Å². The molecule has 1 aliphatic rings. The molecule has 3 nitrogen and oxygen atoms in total. The van der Waals surface area contributed by atoms with E-state index in [1.54, 1.807) is 6.92 Å². The second kappa shape index (κ2) is 7.39. The molecule has 1 rings (SSSR count). The summed E-state index contributed by atoms with van der Waals surface area (Å²) in [5.74, 6) is 3.44. The van der Waals surface area contributed by atoms with Crippen molar-refractivity contribution in [2.45, 2.75) is 52.1 Å². The Hall–Kier alpha value is -0.220. The SMILES string of the molecule is CC(C)CC(C)(O)CNC(=O)CC1CCSCC1. The van der Waals surface area contributed by atoms with E-state index in [9.17, 15) is 9.90 Å².